The quantitative estimate of drug-likeness (QED) is 0.876. The lowest BCUT2D eigenvalue weighted by atomic mass is 9.97. The second kappa shape index (κ2) is 6.58. The third kappa shape index (κ3) is 4.55. The maximum atomic E-state index is 12.2. The molecule has 2 rings (SSSR count). The van der Waals surface area contributed by atoms with E-state index >= 15 is 0 Å². The monoisotopic (exact) mass is 290 g/mol. The molecule has 0 bridgehead atoms. The summed E-state index contributed by atoms with van der Waals surface area (Å²) in [6.45, 7) is 2.83. The number of carbonyl (C=O) groups is 1. The molecule has 0 radical (unpaired) electrons. The van der Waals surface area contributed by atoms with Crippen LogP contribution in [0.4, 0.5) is 5.69 Å². The molecule has 0 aliphatic heterocycles. The van der Waals surface area contributed by atoms with Gasteiger partial charge < -0.3 is 15.3 Å². The number of hydrogen-bond acceptors (Lipinski definition) is 3. The van der Waals surface area contributed by atoms with Crippen LogP contribution in [0.3, 0.4) is 0 Å². The Morgan fingerprint density at radius 1 is 1.33 bits per heavy atom. The molecule has 0 spiro atoms. The van der Waals surface area contributed by atoms with Crippen LogP contribution in [0.5, 0.6) is 0 Å². The molecular formula is C17H26N2O2. The summed E-state index contributed by atoms with van der Waals surface area (Å²) in [4.78, 5) is 14.3. The first kappa shape index (κ1) is 16.0. The molecule has 1 fully saturated rings. The molecule has 2 N–H and O–H groups in total. The predicted molar refractivity (Wildman–Crippen MR) is 85.2 cm³/mol. The van der Waals surface area contributed by atoms with Crippen LogP contribution in [-0.4, -0.2) is 35.6 Å². The molecule has 1 aromatic carbocycles. The standard InChI is InChI=1S/C17H26N2O2/c1-13-6-7-14(12-19(2)3)10-15(13)18-16(20)11-17(21)8-4-5-9-17/h6-7,10,21H,4-5,8-9,11-12H2,1-3H3,(H,18,20). The van der Waals surface area contributed by atoms with Crippen LogP contribution in [0.15, 0.2) is 18.2 Å². The van der Waals surface area contributed by atoms with Crippen molar-refractivity contribution in [3.63, 3.8) is 0 Å². The normalized spacial score (nSPS) is 17.2. The van der Waals surface area contributed by atoms with Gasteiger partial charge in [0, 0.05) is 12.2 Å². The van der Waals surface area contributed by atoms with Crippen LogP contribution in [0.1, 0.15) is 43.2 Å². The van der Waals surface area contributed by atoms with Crippen molar-refractivity contribution in [2.75, 3.05) is 19.4 Å². The zero-order valence-corrected chi connectivity index (χ0v) is 13.3. The van der Waals surface area contributed by atoms with Gasteiger partial charge in [-0.3, -0.25) is 4.79 Å². The Hall–Kier alpha value is -1.39. The Bertz CT molecular complexity index is 506. The van der Waals surface area contributed by atoms with Crippen LogP contribution in [0.25, 0.3) is 0 Å². The first-order valence-corrected chi connectivity index (χ1v) is 7.64. The fourth-order valence-corrected chi connectivity index (χ4v) is 2.97. The van der Waals surface area contributed by atoms with Gasteiger partial charge in [-0.25, -0.2) is 0 Å². The minimum atomic E-state index is -0.792. The van der Waals surface area contributed by atoms with Crippen molar-refractivity contribution in [3.05, 3.63) is 29.3 Å². The van der Waals surface area contributed by atoms with Gasteiger partial charge in [-0.05, 0) is 51.1 Å². The van der Waals surface area contributed by atoms with Crippen molar-refractivity contribution in [1.29, 1.82) is 0 Å². The van der Waals surface area contributed by atoms with E-state index in [1.807, 2.05) is 33.2 Å². The summed E-state index contributed by atoms with van der Waals surface area (Å²) >= 11 is 0. The van der Waals surface area contributed by atoms with Gasteiger partial charge in [-0.15, -0.1) is 0 Å². The molecule has 0 saturated heterocycles. The zero-order chi connectivity index (χ0) is 15.5. The highest BCUT2D eigenvalue weighted by molar-refractivity contribution is 5.92. The van der Waals surface area contributed by atoms with Gasteiger partial charge in [0.05, 0.1) is 12.0 Å². The lowest BCUT2D eigenvalue weighted by molar-refractivity contribution is -0.120. The summed E-state index contributed by atoms with van der Waals surface area (Å²) in [6.07, 6.45) is 3.70. The van der Waals surface area contributed by atoms with Crippen LogP contribution in [0.2, 0.25) is 0 Å². The molecule has 0 unspecified atom stereocenters. The number of carbonyl (C=O) groups excluding carboxylic acids is 1. The van der Waals surface area contributed by atoms with E-state index < -0.39 is 5.60 Å². The smallest absolute Gasteiger partial charge is 0.227 e. The number of anilines is 1. The van der Waals surface area contributed by atoms with E-state index in [-0.39, 0.29) is 12.3 Å². The molecule has 21 heavy (non-hydrogen) atoms. The van der Waals surface area contributed by atoms with Crippen molar-refractivity contribution in [3.8, 4) is 0 Å². The van der Waals surface area contributed by atoms with E-state index in [1.54, 1.807) is 0 Å². The van der Waals surface area contributed by atoms with E-state index in [9.17, 15) is 9.90 Å². The van der Waals surface area contributed by atoms with E-state index in [0.717, 1.165) is 43.5 Å². The van der Waals surface area contributed by atoms with Crippen LogP contribution >= 0.6 is 0 Å². The number of hydrogen-bond donors (Lipinski definition) is 2. The Balaban J connectivity index is 2.02. The molecule has 4 heteroatoms. The summed E-state index contributed by atoms with van der Waals surface area (Å²) in [5.41, 5.74) is 2.27. The van der Waals surface area contributed by atoms with Gasteiger partial charge in [-0.2, -0.15) is 0 Å². The molecule has 1 saturated carbocycles. The molecule has 1 aromatic rings. The number of aryl methyl sites for hydroxylation is 1. The topological polar surface area (TPSA) is 52.6 Å². The van der Waals surface area contributed by atoms with Crippen LogP contribution in [0, 0.1) is 6.92 Å². The van der Waals surface area contributed by atoms with Crippen LogP contribution < -0.4 is 5.32 Å². The third-order valence-corrected chi connectivity index (χ3v) is 4.10. The van der Waals surface area contributed by atoms with Gasteiger partial charge in [0.1, 0.15) is 0 Å². The van der Waals surface area contributed by atoms with Gasteiger partial charge in [-0.1, -0.05) is 25.0 Å². The van der Waals surface area contributed by atoms with Crippen molar-refractivity contribution in [2.24, 2.45) is 0 Å². The molecule has 116 valence electrons. The lowest BCUT2D eigenvalue weighted by Crippen LogP contribution is -2.30. The average Bonchev–Trinajstić information content (AvgIpc) is 2.79. The fraction of sp³-hybridized carbons (Fsp3) is 0.588. The summed E-state index contributed by atoms with van der Waals surface area (Å²) in [6, 6.07) is 6.13. The molecule has 1 aliphatic carbocycles. The average molecular weight is 290 g/mol. The molecule has 0 heterocycles. The predicted octanol–water partition coefficient (Wildman–Crippen LogP) is 2.69. The third-order valence-electron chi connectivity index (χ3n) is 4.10. The minimum Gasteiger partial charge on any atom is -0.389 e. The minimum absolute atomic E-state index is 0.0931. The van der Waals surface area contributed by atoms with Crippen molar-refractivity contribution < 1.29 is 9.90 Å². The van der Waals surface area contributed by atoms with Gasteiger partial charge in [0.2, 0.25) is 5.91 Å². The summed E-state index contributed by atoms with van der Waals surface area (Å²) in [5.74, 6) is -0.0931. The molecule has 1 amide bonds. The number of benzene rings is 1. The Morgan fingerprint density at radius 2 is 2.00 bits per heavy atom. The molecule has 4 nitrogen and oxygen atoms in total. The van der Waals surface area contributed by atoms with Gasteiger partial charge in [0.25, 0.3) is 0 Å². The maximum Gasteiger partial charge on any atom is 0.227 e. The SMILES string of the molecule is Cc1ccc(CN(C)C)cc1NC(=O)CC1(O)CCCC1. The first-order valence-electron chi connectivity index (χ1n) is 7.64. The second-order valence-electron chi connectivity index (χ2n) is 6.54. The number of aliphatic hydroxyl groups is 1. The van der Waals surface area contributed by atoms with Crippen molar-refractivity contribution in [2.45, 2.75) is 51.2 Å². The van der Waals surface area contributed by atoms with Crippen molar-refractivity contribution in [1.82, 2.24) is 4.90 Å². The highest BCUT2D eigenvalue weighted by Crippen LogP contribution is 2.32. The van der Waals surface area contributed by atoms with E-state index in [4.69, 9.17) is 0 Å². The Labute approximate surface area is 127 Å². The largest absolute Gasteiger partial charge is 0.389 e. The zero-order valence-electron chi connectivity index (χ0n) is 13.3. The van der Waals surface area contributed by atoms with Gasteiger partial charge in [0.15, 0.2) is 0 Å². The maximum absolute atomic E-state index is 12.2. The molecule has 1 aliphatic rings. The van der Waals surface area contributed by atoms with Crippen LogP contribution in [-0.2, 0) is 11.3 Å². The second-order valence-corrected chi connectivity index (χ2v) is 6.54. The first-order chi connectivity index (χ1) is 9.88. The summed E-state index contributed by atoms with van der Waals surface area (Å²) < 4.78 is 0. The number of amides is 1. The van der Waals surface area contributed by atoms with E-state index in [2.05, 4.69) is 16.3 Å². The molecular weight excluding hydrogens is 264 g/mol. The highest BCUT2D eigenvalue weighted by Gasteiger charge is 2.33. The number of nitrogens with zero attached hydrogens (tertiary/aromatic N) is 1. The fourth-order valence-electron chi connectivity index (χ4n) is 2.97. The summed E-state index contributed by atoms with van der Waals surface area (Å²) in [7, 11) is 4.04. The number of nitrogens with one attached hydrogen (secondary N) is 1. The Kier molecular flexibility index (Phi) is 5.01. The summed E-state index contributed by atoms with van der Waals surface area (Å²) in [5, 5.41) is 13.3. The van der Waals surface area contributed by atoms with E-state index in [0.29, 0.717) is 0 Å². The van der Waals surface area contributed by atoms with Crippen molar-refractivity contribution >= 4 is 11.6 Å². The molecule has 0 atom stereocenters. The molecule has 0 aromatic heterocycles. The van der Waals surface area contributed by atoms with Gasteiger partial charge >= 0.3 is 0 Å². The lowest BCUT2D eigenvalue weighted by Gasteiger charge is -2.21. The highest BCUT2D eigenvalue weighted by atomic mass is 16.3. The Morgan fingerprint density at radius 3 is 2.62 bits per heavy atom. The number of rotatable bonds is 5. The van der Waals surface area contributed by atoms with E-state index in [1.165, 1.54) is 5.56 Å².